The van der Waals surface area contributed by atoms with Gasteiger partial charge in [-0.2, -0.15) is 0 Å². The van der Waals surface area contributed by atoms with Crippen molar-refractivity contribution in [3.05, 3.63) is 22.2 Å². The lowest BCUT2D eigenvalue weighted by molar-refractivity contribution is -0.123. The van der Waals surface area contributed by atoms with Crippen molar-refractivity contribution in [2.75, 3.05) is 31.3 Å². The van der Waals surface area contributed by atoms with Gasteiger partial charge in [0.1, 0.15) is 0 Å². The van der Waals surface area contributed by atoms with Crippen LogP contribution in [0, 0.1) is 5.92 Å². The maximum absolute atomic E-state index is 11.5. The summed E-state index contributed by atoms with van der Waals surface area (Å²) in [5.74, 6) is -0.186. The number of rotatable bonds is 4. The van der Waals surface area contributed by atoms with Crippen LogP contribution in [0.2, 0.25) is 10.0 Å². The summed E-state index contributed by atoms with van der Waals surface area (Å²) in [5.41, 5.74) is 6.85. The normalized spacial score (nSPS) is 12.1. The first-order chi connectivity index (χ1) is 8.36. The fourth-order valence-electron chi connectivity index (χ4n) is 1.78. The molecule has 0 heterocycles. The molecule has 0 aliphatic carbocycles. The Hall–Kier alpha value is -1.13. The third-order valence-corrected chi connectivity index (χ3v) is 3.24. The van der Waals surface area contributed by atoms with Crippen LogP contribution in [0.15, 0.2) is 12.1 Å². The fourth-order valence-corrected chi connectivity index (χ4v) is 2.57. The average Bonchev–Trinajstić information content (AvgIpc) is 2.26. The Morgan fingerprint density at radius 2 is 1.94 bits per heavy atom. The Morgan fingerprint density at radius 3 is 2.39 bits per heavy atom. The Labute approximate surface area is 117 Å². The Morgan fingerprint density at radius 1 is 1.44 bits per heavy atom. The molecule has 1 aromatic carbocycles. The van der Waals surface area contributed by atoms with E-state index >= 15 is 0 Å². The minimum atomic E-state index is -0.162. The SMILES string of the molecule is CNC(=O)C(C)CN(C)c1c(Cl)cc(N)cc1Cl. The van der Waals surface area contributed by atoms with Crippen molar-refractivity contribution >= 4 is 40.5 Å². The summed E-state index contributed by atoms with van der Waals surface area (Å²) in [7, 11) is 3.45. The Bertz CT molecular complexity index is 428. The van der Waals surface area contributed by atoms with Gasteiger partial charge in [-0.15, -0.1) is 0 Å². The van der Waals surface area contributed by atoms with E-state index in [-0.39, 0.29) is 11.8 Å². The Kier molecular flexibility index (Phi) is 5.11. The number of carbonyl (C=O) groups is 1. The Balaban J connectivity index is 2.91. The lowest BCUT2D eigenvalue weighted by atomic mass is 10.1. The van der Waals surface area contributed by atoms with E-state index in [1.807, 2.05) is 18.9 Å². The van der Waals surface area contributed by atoms with Crippen molar-refractivity contribution < 1.29 is 4.79 Å². The highest BCUT2D eigenvalue weighted by Gasteiger charge is 2.17. The van der Waals surface area contributed by atoms with Crippen LogP contribution in [-0.2, 0) is 4.79 Å². The maximum atomic E-state index is 11.5. The zero-order chi connectivity index (χ0) is 13.9. The van der Waals surface area contributed by atoms with Gasteiger partial charge in [0.25, 0.3) is 0 Å². The molecular weight excluding hydrogens is 273 g/mol. The lowest BCUT2D eigenvalue weighted by Gasteiger charge is -2.24. The number of nitrogens with two attached hydrogens (primary N) is 1. The van der Waals surface area contributed by atoms with E-state index in [4.69, 9.17) is 28.9 Å². The molecule has 3 N–H and O–H groups in total. The molecule has 0 aliphatic rings. The van der Waals surface area contributed by atoms with Crippen LogP contribution < -0.4 is 16.0 Å². The molecule has 0 radical (unpaired) electrons. The van der Waals surface area contributed by atoms with Crippen LogP contribution in [0.1, 0.15) is 6.92 Å². The van der Waals surface area contributed by atoms with Gasteiger partial charge in [-0.25, -0.2) is 0 Å². The maximum Gasteiger partial charge on any atom is 0.224 e. The topological polar surface area (TPSA) is 58.4 Å². The molecule has 1 unspecified atom stereocenters. The molecule has 6 heteroatoms. The van der Waals surface area contributed by atoms with Crippen LogP contribution in [0.4, 0.5) is 11.4 Å². The minimum Gasteiger partial charge on any atom is -0.399 e. The number of nitrogen functional groups attached to an aromatic ring is 1. The second-order valence-electron chi connectivity index (χ2n) is 4.23. The van der Waals surface area contributed by atoms with Crippen molar-refractivity contribution in [1.29, 1.82) is 0 Å². The highest BCUT2D eigenvalue weighted by atomic mass is 35.5. The van der Waals surface area contributed by atoms with Crippen LogP contribution in [0.25, 0.3) is 0 Å². The third-order valence-electron chi connectivity index (χ3n) is 2.66. The van der Waals surface area contributed by atoms with Gasteiger partial charge in [0.15, 0.2) is 0 Å². The molecule has 0 aliphatic heterocycles. The van der Waals surface area contributed by atoms with Gasteiger partial charge in [-0.1, -0.05) is 30.1 Å². The van der Waals surface area contributed by atoms with Gasteiger partial charge in [0.05, 0.1) is 21.7 Å². The van der Waals surface area contributed by atoms with Crippen molar-refractivity contribution in [2.24, 2.45) is 5.92 Å². The van der Waals surface area contributed by atoms with Crippen molar-refractivity contribution in [2.45, 2.75) is 6.92 Å². The standard InChI is InChI=1S/C12H17Cl2N3O/c1-7(12(18)16-2)6-17(3)11-9(13)4-8(15)5-10(11)14/h4-5,7H,6,15H2,1-3H3,(H,16,18). The number of nitrogens with one attached hydrogen (secondary N) is 1. The van der Waals surface area contributed by atoms with E-state index in [0.29, 0.717) is 28.0 Å². The first-order valence-electron chi connectivity index (χ1n) is 5.54. The van der Waals surface area contributed by atoms with E-state index in [2.05, 4.69) is 5.32 Å². The number of nitrogens with zero attached hydrogens (tertiary/aromatic N) is 1. The predicted molar refractivity (Wildman–Crippen MR) is 77.4 cm³/mol. The molecule has 1 rings (SSSR count). The zero-order valence-electron chi connectivity index (χ0n) is 10.6. The van der Waals surface area contributed by atoms with E-state index in [1.54, 1.807) is 19.2 Å². The average molecular weight is 290 g/mol. The van der Waals surface area contributed by atoms with Crippen molar-refractivity contribution in [1.82, 2.24) is 5.32 Å². The monoisotopic (exact) mass is 289 g/mol. The van der Waals surface area contributed by atoms with E-state index in [9.17, 15) is 4.79 Å². The molecule has 0 fully saturated rings. The summed E-state index contributed by atoms with van der Waals surface area (Å²) in [4.78, 5) is 13.3. The van der Waals surface area contributed by atoms with E-state index in [0.717, 1.165) is 0 Å². The molecular formula is C12H17Cl2N3O. The van der Waals surface area contributed by atoms with Crippen LogP contribution in [0.3, 0.4) is 0 Å². The van der Waals surface area contributed by atoms with Gasteiger partial charge in [-0.05, 0) is 12.1 Å². The number of anilines is 2. The number of hydrogen-bond donors (Lipinski definition) is 2. The quantitative estimate of drug-likeness (QED) is 0.837. The number of halogens is 2. The smallest absolute Gasteiger partial charge is 0.224 e. The molecule has 1 amide bonds. The highest BCUT2D eigenvalue weighted by molar-refractivity contribution is 6.39. The van der Waals surface area contributed by atoms with Crippen molar-refractivity contribution in [3.63, 3.8) is 0 Å². The van der Waals surface area contributed by atoms with Gasteiger partial charge in [0.2, 0.25) is 5.91 Å². The van der Waals surface area contributed by atoms with Gasteiger partial charge in [-0.3, -0.25) is 4.79 Å². The summed E-state index contributed by atoms with van der Waals surface area (Å²) in [6.45, 7) is 2.36. The van der Waals surface area contributed by atoms with Gasteiger partial charge < -0.3 is 16.0 Å². The second kappa shape index (κ2) is 6.16. The summed E-state index contributed by atoms with van der Waals surface area (Å²) >= 11 is 12.2. The molecule has 1 aromatic rings. The molecule has 0 bridgehead atoms. The zero-order valence-corrected chi connectivity index (χ0v) is 12.1. The first-order valence-corrected chi connectivity index (χ1v) is 6.29. The number of hydrogen-bond acceptors (Lipinski definition) is 3. The summed E-state index contributed by atoms with van der Waals surface area (Å²) in [5, 5.41) is 3.57. The molecule has 100 valence electrons. The first kappa shape index (κ1) is 14.9. The molecule has 18 heavy (non-hydrogen) atoms. The summed E-state index contributed by atoms with van der Waals surface area (Å²) in [6, 6.07) is 3.29. The lowest BCUT2D eigenvalue weighted by Crippen LogP contribution is -2.34. The molecule has 4 nitrogen and oxygen atoms in total. The molecule has 0 spiro atoms. The van der Waals surface area contributed by atoms with Crippen LogP contribution in [-0.4, -0.2) is 26.5 Å². The van der Waals surface area contributed by atoms with Gasteiger partial charge in [0, 0.05) is 26.3 Å². The van der Waals surface area contributed by atoms with Crippen molar-refractivity contribution in [3.8, 4) is 0 Å². The van der Waals surface area contributed by atoms with Crippen LogP contribution in [0.5, 0.6) is 0 Å². The van der Waals surface area contributed by atoms with E-state index < -0.39 is 0 Å². The number of amides is 1. The van der Waals surface area contributed by atoms with Crippen LogP contribution >= 0.6 is 23.2 Å². The van der Waals surface area contributed by atoms with E-state index in [1.165, 1.54) is 0 Å². The predicted octanol–water partition coefficient (Wildman–Crippen LogP) is 2.39. The fraction of sp³-hybridized carbons (Fsp3) is 0.417. The number of carbonyl (C=O) groups excluding carboxylic acids is 1. The highest BCUT2D eigenvalue weighted by Crippen LogP contribution is 2.35. The third kappa shape index (κ3) is 3.43. The molecule has 0 aromatic heterocycles. The summed E-state index contributed by atoms with van der Waals surface area (Å²) < 4.78 is 0. The second-order valence-corrected chi connectivity index (χ2v) is 5.04. The largest absolute Gasteiger partial charge is 0.399 e. The minimum absolute atomic E-state index is 0.0236. The summed E-state index contributed by atoms with van der Waals surface area (Å²) in [6.07, 6.45) is 0. The number of benzene rings is 1. The molecule has 1 atom stereocenters. The van der Waals surface area contributed by atoms with Gasteiger partial charge >= 0.3 is 0 Å². The molecule has 0 saturated carbocycles. The molecule has 0 saturated heterocycles.